The number of carboxylic acids is 1. The minimum absolute atomic E-state index is 0.0708. The first-order valence-electron chi connectivity index (χ1n) is 6.52. The third-order valence-electron chi connectivity index (χ3n) is 3.17. The predicted molar refractivity (Wildman–Crippen MR) is 70.9 cm³/mol. The van der Waals surface area contributed by atoms with Gasteiger partial charge in [0.15, 0.2) is 0 Å². The Kier molecular flexibility index (Phi) is 6.35. The van der Waals surface area contributed by atoms with Gasteiger partial charge in [-0.2, -0.15) is 0 Å². The summed E-state index contributed by atoms with van der Waals surface area (Å²) in [5.41, 5.74) is 0. The number of nitrogens with zero attached hydrogens (tertiary/aromatic N) is 1. The van der Waals surface area contributed by atoms with Gasteiger partial charge >= 0.3 is 12.0 Å². The van der Waals surface area contributed by atoms with E-state index in [1.165, 1.54) is 0 Å². The van der Waals surface area contributed by atoms with E-state index >= 15 is 0 Å². The molecule has 2 N–H and O–H groups in total. The van der Waals surface area contributed by atoms with Gasteiger partial charge in [-0.15, -0.1) is 6.58 Å². The molecule has 0 saturated carbocycles. The van der Waals surface area contributed by atoms with Crippen molar-refractivity contribution in [2.45, 2.75) is 25.9 Å². The molecule has 0 aromatic carbocycles. The number of urea groups is 1. The molecule has 1 aliphatic rings. The Morgan fingerprint density at radius 1 is 1.53 bits per heavy atom. The van der Waals surface area contributed by atoms with Crippen molar-refractivity contribution >= 4 is 12.0 Å². The van der Waals surface area contributed by atoms with Crippen LogP contribution < -0.4 is 5.32 Å². The van der Waals surface area contributed by atoms with Gasteiger partial charge in [-0.3, -0.25) is 4.79 Å². The number of rotatable bonds is 6. The number of piperidine rings is 1. The van der Waals surface area contributed by atoms with E-state index in [4.69, 9.17) is 9.84 Å². The Bertz CT molecular complexity index is 325. The lowest BCUT2D eigenvalue weighted by Crippen LogP contribution is -2.47. The molecule has 0 aromatic heterocycles. The second-order valence-electron chi connectivity index (χ2n) is 4.72. The second-order valence-corrected chi connectivity index (χ2v) is 4.72. The van der Waals surface area contributed by atoms with E-state index in [0.717, 1.165) is 0 Å². The molecule has 1 saturated heterocycles. The van der Waals surface area contributed by atoms with Gasteiger partial charge in [0.25, 0.3) is 0 Å². The van der Waals surface area contributed by atoms with E-state index in [0.29, 0.717) is 39.1 Å². The monoisotopic (exact) mass is 270 g/mol. The number of ether oxygens (including phenoxy) is 1. The minimum Gasteiger partial charge on any atom is -0.481 e. The fourth-order valence-electron chi connectivity index (χ4n) is 1.96. The van der Waals surface area contributed by atoms with Gasteiger partial charge < -0.3 is 20.1 Å². The molecule has 1 rings (SSSR count). The van der Waals surface area contributed by atoms with Gasteiger partial charge in [0.1, 0.15) is 0 Å². The molecule has 1 heterocycles. The van der Waals surface area contributed by atoms with E-state index < -0.39 is 5.97 Å². The molecule has 0 radical (unpaired) electrons. The van der Waals surface area contributed by atoms with Crippen molar-refractivity contribution in [3.05, 3.63) is 12.7 Å². The zero-order chi connectivity index (χ0) is 14.3. The summed E-state index contributed by atoms with van der Waals surface area (Å²) in [5.74, 6) is -1.09. The first-order valence-corrected chi connectivity index (χ1v) is 6.52. The molecular formula is C13H22N2O4. The molecule has 1 atom stereocenters. The van der Waals surface area contributed by atoms with E-state index in [1.54, 1.807) is 11.0 Å². The summed E-state index contributed by atoms with van der Waals surface area (Å²) in [6.07, 6.45) is 2.63. The maximum Gasteiger partial charge on any atom is 0.317 e. The highest BCUT2D eigenvalue weighted by atomic mass is 16.5. The highest BCUT2D eigenvalue weighted by molar-refractivity contribution is 5.75. The Labute approximate surface area is 113 Å². The van der Waals surface area contributed by atoms with Crippen LogP contribution in [0.15, 0.2) is 12.7 Å². The lowest BCUT2D eigenvalue weighted by atomic mass is 9.97. The number of amides is 2. The molecule has 6 nitrogen and oxygen atoms in total. The van der Waals surface area contributed by atoms with Crippen LogP contribution in [0.1, 0.15) is 19.8 Å². The normalized spacial score (nSPS) is 17.8. The van der Waals surface area contributed by atoms with Crippen LogP contribution in [-0.2, 0) is 9.53 Å². The molecule has 1 fully saturated rings. The van der Waals surface area contributed by atoms with Crippen LogP contribution >= 0.6 is 0 Å². The second kappa shape index (κ2) is 7.78. The molecule has 1 aliphatic heterocycles. The topological polar surface area (TPSA) is 78.9 Å². The molecule has 0 aliphatic carbocycles. The van der Waals surface area contributed by atoms with E-state index in [2.05, 4.69) is 11.9 Å². The van der Waals surface area contributed by atoms with Gasteiger partial charge in [0.05, 0.1) is 18.6 Å². The summed E-state index contributed by atoms with van der Waals surface area (Å²) < 4.78 is 5.35. The maximum absolute atomic E-state index is 11.8. The summed E-state index contributed by atoms with van der Waals surface area (Å²) in [6.45, 7) is 7.31. The standard InChI is InChI=1S/C13H22N2O4/c1-3-8-19-10(2)9-14-13(18)15-6-4-11(5-7-15)12(16)17/h3,10-11H,1,4-9H2,2H3,(H,14,18)(H,16,17). The summed E-state index contributed by atoms with van der Waals surface area (Å²) in [5, 5.41) is 11.7. The average Bonchev–Trinajstić information content (AvgIpc) is 2.42. The van der Waals surface area contributed by atoms with Crippen molar-refractivity contribution in [1.82, 2.24) is 10.2 Å². The molecule has 2 amide bonds. The molecule has 19 heavy (non-hydrogen) atoms. The Balaban J connectivity index is 2.24. The molecule has 6 heteroatoms. The third-order valence-corrected chi connectivity index (χ3v) is 3.17. The first-order chi connectivity index (χ1) is 9.04. The lowest BCUT2D eigenvalue weighted by molar-refractivity contribution is -0.143. The Morgan fingerprint density at radius 2 is 2.16 bits per heavy atom. The SMILES string of the molecule is C=CCOC(C)CNC(=O)N1CCC(C(=O)O)CC1. The van der Waals surface area contributed by atoms with Crippen molar-refractivity contribution in [2.75, 3.05) is 26.2 Å². The van der Waals surface area contributed by atoms with Crippen LogP contribution in [0.2, 0.25) is 0 Å². The van der Waals surface area contributed by atoms with E-state index in [1.807, 2.05) is 6.92 Å². The Morgan fingerprint density at radius 3 is 2.68 bits per heavy atom. The smallest absolute Gasteiger partial charge is 0.317 e. The molecule has 0 spiro atoms. The highest BCUT2D eigenvalue weighted by Gasteiger charge is 2.26. The lowest BCUT2D eigenvalue weighted by Gasteiger charge is -2.30. The number of likely N-dealkylation sites (tertiary alicyclic amines) is 1. The number of hydrogen-bond acceptors (Lipinski definition) is 3. The number of aliphatic carboxylic acids is 1. The largest absolute Gasteiger partial charge is 0.481 e. The van der Waals surface area contributed by atoms with Crippen molar-refractivity contribution in [3.63, 3.8) is 0 Å². The van der Waals surface area contributed by atoms with Gasteiger partial charge in [-0.05, 0) is 19.8 Å². The molecule has 1 unspecified atom stereocenters. The summed E-state index contributed by atoms with van der Waals surface area (Å²) >= 11 is 0. The quantitative estimate of drug-likeness (QED) is 0.708. The van der Waals surface area contributed by atoms with Crippen molar-refractivity contribution in [2.24, 2.45) is 5.92 Å². The van der Waals surface area contributed by atoms with Crippen molar-refractivity contribution in [3.8, 4) is 0 Å². The highest BCUT2D eigenvalue weighted by Crippen LogP contribution is 2.17. The van der Waals surface area contributed by atoms with Crippen LogP contribution in [0.25, 0.3) is 0 Å². The average molecular weight is 270 g/mol. The predicted octanol–water partition coefficient (Wildman–Crippen LogP) is 1.08. The van der Waals surface area contributed by atoms with Gasteiger partial charge in [-0.1, -0.05) is 6.08 Å². The molecule has 0 bridgehead atoms. The van der Waals surface area contributed by atoms with Crippen LogP contribution in [-0.4, -0.2) is 54.4 Å². The first kappa shape index (κ1) is 15.5. The zero-order valence-electron chi connectivity index (χ0n) is 11.3. The molecular weight excluding hydrogens is 248 g/mol. The number of carbonyl (C=O) groups excluding carboxylic acids is 1. The number of hydrogen-bond donors (Lipinski definition) is 2. The maximum atomic E-state index is 11.8. The van der Waals surface area contributed by atoms with Crippen LogP contribution in [0, 0.1) is 5.92 Å². The van der Waals surface area contributed by atoms with E-state index in [-0.39, 0.29) is 18.1 Å². The zero-order valence-corrected chi connectivity index (χ0v) is 11.3. The minimum atomic E-state index is -0.772. The van der Waals surface area contributed by atoms with Crippen LogP contribution in [0.4, 0.5) is 4.79 Å². The van der Waals surface area contributed by atoms with Crippen LogP contribution in [0.3, 0.4) is 0 Å². The summed E-state index contributed by atoms with van der Waals surface area (Å²) in [7, 11) is 0. The number of carbonyl (C=O) groups is 2. The summed E-state index contributed by atoms with van der Waals surface area (Å²) in [4.78, 5) is 24.3. The third kappa shape index (κ3) is 5.30. The van der Waals surface area contributed by atoms with Gasteiger partial charge in [0.2, 0.25) is 0 Å². The fraction of sp³-hybridized carbons (Fsp3) is 0.692. The molecule has 108 valence electrons. The van der Waals surface area contributed by atoms with Crippen molar-refractivity contribution < 1.29 is 19.4 Å². The number of nitrogens with one attached hydrogen (secondary N) is 1. The van der Waals surface area contributed by atoms with E-state index in [9.17, 15) is 9.59 Å². The van der Waals surface area contributed by atoms with Gasteiger partial charge in [-0.25, -0.2) is 4.79 Å². The molecule has 0 aromatic rings. The summed E-state index contributed by atoms with van der Waals surface area (Å²) in [6, 6.07) is -0.155. The van der Waals surface area contributed by atoms with Gasteiger partial charge in [0, 0.05) is 19.6 Å². The Hall–Kier alpha value is -1.56. The van der Waals surface area contributed by atoms with Crippen molar-refractivity contribution in [1.29, 1.82) is 0 Å². The van der Waals surface area contributed by atoms with Crippen LogP contribution in [0.5, 0.6) is 0 Å². The fourth-order valence-corrected chi connectivity index (χ4v) is 1.96. The number of carboxylic acid groups (broad SMARTS) is 1.